The topological polar surface area (TPSA) is 69.4 Å². The van der Waals surface area contributed by atoms with Crippen molar-refractivity contribution in [2.45, 2.75) is 19.3 Å². The van der Waals surface area contributed by atoms with E-state index in [2.05, 4.69) is 5.16 Å². The lowest BCUT2D eigenvalue weighted by atomic mass is 10.0. The van der Waals surface area contributed by atoms with Gasteiger partial charge in [0, 0.05) is 23.4 Å². The maximum atomic E-state index is 12.4. The van der Waals surface area contributed by atoms with E-state index >= 15 is 0 Å². The molecule has 0 spiro atoms. The predicted octanol–water partition coefficient (Wildman–Crippen LogP) is 3.30. The first kappa shape index (κ1) is 14.8. The molecule has 1 unspecified atom stereocenters. The molecule has 3 rings (SSSR count). The van der Waals surface area contributed by atoms with E-state index in [1.807, 2.05) is 0 Å². The van der Waals surface area contributed by atoms with Crippen molar-refractivity contribution in [3.8, 4) is 11.3 Å². The van der Waals surface area contributed by atoms with E-state index in [4.69, 9.17) is 20.9 Å². The number of esters is 1. The second kappa shape index (κ2) is 5.93. The van der Waals surface area contributed by atoms with Crippen molar-refractivity contribution >= 4 is 23.4 Å². The van der Waals surface area contributed by atoms with Gasteiger partial charge in [0.25, 0.3) is 0 Å². The molecular weight excluding hydrogens is 306 g/mol. The zero-order chi connectivity index (χ0) is 15.7. The molecule has 0 N–H and O–H groups in total. The summed E-state index contributed by atoms with van der Waals surface area (Å²) in [7, 11) is 1.34. The highest BCUT2D eigenvalue weighted by Crippen LogP contribution is 2.33. The maximum absolute atomic E-state index is 12.4. The van der Waals surface area contributed by atoms with E-state index in [0.29, 0.717) is 34.9 Å². The van der Waals surface area contributed by atoms with Gasteiger partial charge in [-0.25, -0.2) is 0 Å². The first-order chi connectivity index (χ1) is 10.6. The Hall–Kier alpha value is -2.14. The molecule has 1 aromatic heterocycles. The third-order valence-corrected chi connectivity index (χ3v) is 4.10. The second-order valence-corrected chi connectivity index (χ2v) is 5.66. The molecule has 1 aliphatic rings. The molecule has 1 aromatic carbocycles. The molecule has 114 valence electrons. The molecule has 0 fully saturated rings. The molecule has 0 aliphatic heterocycles. The summed E-state index contributed by atoms with van der Waals surface area (Å²) in [5, 5.41) is 4.63. The summed E-state index contributed by atoms with van der Waals surface area (Å²) in [6.45, 7) is 0. The molecular formula is C16H14ClNO4. The van der Waals surface area contributed by atoms with Gasteiger partial charge in [0.1, 0.15) is 11.5 Å². The zero-order valence-corrected chi connectivity index (χ0v) is 12.7. The number of carbonyl (C=O) groups is 2. The number of Topliss-reactive ketones (excluding diaryl/α,β-unsaturated/α-hetero) is 1. The quantitative estimate of drug-likeness (QED) is 0.627. The number of hydrogen-bond donors (Lipinski definition) is 0. The number of aromatic nitrogens is 1. The van der Waals surface area contributed by atoms with Gasteiger partial charge in [-0.05, 0) is 18.6 Å². The van der Waals surface area contributed by atoms with Crippen LogP contribution in [0.5, 0.6) is 0 Å². The highest BCUT2D eigenvalue weighted by atomic mass is 35.5. The Morgan fingerprint density at radius 1 is 1.36 bits per heavy atom. The normalized spacial score (nSPS) is 17.7. The molecule has 1 heterocycles. The van der Waals surface area contributed by atoms with Crippen LogP contribution >= 0.6 is 11.6 Å². The highest BCUT2D eigenvalue weighted by molar-refractivity contribution is 6.30. The molecule has 1 aliphatic carbocycles. The first-order valence-electron chi connectivity index (χ1n) is 6.95. The smallest absolute Gasteiger partial charge is 0.309 e. The number of ether oxygens (including phenoxy) is 1. The van der Waals surface area contributed by atoms with Crippen molar-refractivity contribution in [3.63, 3.8) is 0 Å². The third kappa shape index (κ3) is 2.64. The maximum Gasteiger partial charge on any atom is 0.309 e. The van der Waals surface area contributed by atoms with Crippen LogP contribution in [0.3, 0.4) is 0 Å². The van der Waals surface area contributed by atoms with E-state index in [0.717, 1.165) is 5.56 Å². The van der Waals surface area contributed by atoms with E-state index < -0.39 is 0 Å². The van der Waals surface area contributed by atoms with Crippen molar-refractivity contribution in [3.05, 3.63) is 40.6 Å². The molecule has 22 heavy (non-hydrogen) atoms. The standard InChI is InChI=1S/C16H14ClNO4/c1-21-16(20)10-4-7-12(19)14-13(8-10)22-18-15(14)9-2-5-11(17)6-3-9/h2-3,5-6,10H,4,7-8H2,1H3. The number of methoxy groups -OCH3 is 1. The summed E-state index contributed by atoms with van der Waals surface area (Å²) in [6.07, 6.45) is 1.05. The van der Waals surface area contributed by atoms with Crippen LogP contribution in [0.4, 0.5) is 0 Å². The number of hydrogen-bond acceptors (Lipinski definition) is 5. The number of nitrogens with zero attached hydrogens (tertiary/aromatic N) is 1. The van der Waals surface area contributed by atoms with E-state index in [1.165, 1.54) is 7.11 Å². The minimum atomic E-state index is -0.374. The number of rotatable bonds is 2. The molecule has 0 amide bonds. The largest absolute Gasteiger partial charge is 0.469 e. The monoisotopic (exact) mass is 319 g/mol. The molecule has 5 nitrogen and oxygen atoms in total. The van der Waals surface area contributed by atoms with Crippen LogP contribution in [-0.4, -0.2) is 24.0 Å². The van der Waals surface area contributed by atoms with Gasteiger partial charge in [0.05, 0.1) is 18.6 Å². The summed E-state index contributed by atoms with van der Waals surface area (Å²) in [4.78, 5) is 24.1. The van der Waals surface area contributed by atoms with Crippen molar-refractivity contribution in [1.29, 1.82) is 0 Å². The third-order valence-electron chi connectivity index (χ3n) is 3.85. The molecule has 0 saturated carbocycles. The number of benzene rings is 1. The SMILES string of the molecule is COC(=O)C1CCC(=O)c2c(-c3ccc(Cl)cc3)noc2C1. The van der Waals surface area contributed by atoms with Gasteiger partial charge >= 0.3 is 5.97 Å². The average Bonchev–Trinajstić information content (AvgIpc) is 2.87. The number of carbonyl (C=O) groups excluding carboxylic acids is 2. The van der Waals surface area contributed by atoms with Crippen molar-refractivity contribution in [2.24, 2.45) is 5.92 Å². The lowest BCUT2D eigenvalue weighted by Crippen LogP contribution is -2.17. The van der Waals surface area contributed by atoms with Crippen LogP contribution in [0.1, 0.15) is 29.0 Å². The van der Waals surface area contributed by atoms with Crippen LogP contribution in [0.2, 0.25) is 5.02 Å². The predicted molar refractivity (Wildman–Crippen MR) is 79.7 cm³/mol. The Morgan fingerprint density at radius 3 is 2.77 bits per heavy atom. The molecule has 1 atom stereocenters. The van der Waals surface area contributed by atoms with E-state index in [1.54, 1.807) is 24.3 Å². The molecule has 0 radical (unpaired) electrons. The number of ketones is 1. The van der Waals surface area contributed by atoms with E-state index in [-0.39, 0.29) is 24.1 Å². The Bertz CT molecular complexity index is 720. The Morgan fingerprint density at radius 2 is 2.09 bits per heavy atom. The fraction of sp³-hybridized carbons (Fsp3) is 0.312. The van der Waals surface area contributed by atoms with Gasteiger partial charge in [-0.2, -0.15) is 0 Å². The Labute approximate surface area is 132 Å². The van der Waals surface area contributed by atoms with Gasteiger partial charge in [0.15, 0.2) is 5.78 Å². The molecule has 0 bridgehead atoms. The van der Waals surface area contributed by atoms with Crippen LogP contribution in [0.15, 0.2) is 28.8 Å². The summed E-state index contributed by atoms with van der Waals surface area (Å²) in [5.74, 6) is -0.318. The lowest BCUT2D eigenvalue weighted by molar-refractivity contribution is -0.145. The van der Waals surface area contributed by atoms with E-state index in [9.17, 15) is 9.59 Å². The molecule has 0 saturated heterocycles. The van der Waals surface area contributed by atoms with Crippen LogP contribution < -0.4 is 0 Å². The lowest BCUT2D eigenvalue weighted by Gasteiger charge is -2.09. The second-order valence-electron chi connectivity index (χ2n) is 5.22. The van der Waals surface area contributed by atoms with Gasteiger partial charge < -0.3 is 9.26 Å². The van der Waals surface area contributed by atoms with Crippen molar-refractivity contribution < 1.29 is 18.8 Å². The minimum absolute atomic E-state index is 0.0624. The first-order valence-corrected chi connectivity index (χ1v) is 7.33. The Balaban J connectivity index is 2.01. The molecule has 6 heteroatoms. The fourth-order valence-electron chi connectivity index (χ4n) is 2.68. The van der Waals surface area contributed by atoms with Gasteiger partial charge in [-0.1, -0.05) is 28.9 Å². The van der Waals surface area contributed by atoms with Gasteiger partial charge in [0.2, 0.25) is 0 Å². The minimum Gasteiger partial charge on any atom is -0.469 e. The number of halogens is 1. The molecule has 2 aromatic rings. The average molecular weight is 320 g/mol. The van der Waals surface area contributed by atoms with Gasteiger partial charge in [-0.3, -0.25) is 9.59 Å². The Kier molecular flexibility index (Phi) is 3.98. The summed E-state index contributed by atoms with van der Waals surface area (Å²) < 4.78 is 10.1. The van der Waals surface area contributed by atoms with Gasteiger partial charge in [-0.15, -0.1) is 0 Å². The summed E-state index contributed by atoms with van der Waals surface area (Å²) in [5.41, 5.74) is 1.73. The summed E-state index contributed by atoms with van der Waals surface area (Å²) in [6, 6.07) is 7.04. The fourth-order valence-corrected chi connectivity index (χ4v) is 2.81. The zero-order valence-electron chi connectivity index (χ0n) is 12.0. The van der Waals surface area contributed by atoms with Crippen LogP contribution in [0.25, 0.3) is 11.3 Å². The van der Waals surface area contributed by atoms with Crippen LogP contribution in [0, 0.1) is 5.92 Å². The highest BCUT2D eigenvalue weighted by Gasteiger charge is 2.32. The van der Waals surface area contributed by atoms with Crippen LogP contribution in [-0.2, 0) is 16.0 Å². The van der Waals surface area contributed by atoms with Crippen molar-refractivity contribution in [2.75, 3.05) is 7.11 Å². The number of fused-ring (bicyclic) bond motifs is 1. The van der Waals surface area contributed by atoms with Crippen molar-refractivity contribution in [1.82, 2.24) is 5.16 Å². The summed E-state index contributed by atoms with van der Waals surface area (Å²) >= 11 is 5.88.